The minimum atomic E-state index is 0.474. The highest BCUT2D eigenvalue weighted by atomic mass is 16.5. The van der Waals surface area contributed by atoms with Crippen molar-refractivity contribution in [2.45, 2.75) is 71.8 Å². The first-order chi connectivity index (χ1) is 11.2. The lowest BCUT2D eigenvalue weighted by atomic mass is 9.89. The minimum Gasteiger partial charge on any atom is -0.494 e. The van der Waals surface area contributed by atoms with Gasteiger partial charge in [-0.2, -0.15) is 0 Å². The van der Waals surface area contributed by atoms with Gasteiger partial charge in [0, 0.05) is 6.04 Å². The smallest absolute Gasteiger partial charge is 0.119 e. The van der Waals surface area contributed by atoms with Crippen molar-refractivity contribution < 1.29 is 4.74 Å². The van der Waals surface area contributed by atoms with Crippen LogP contribution in [0, 0.1) is 11.8 Å². The van der Waals surface area contributed by atoms with Crippen LogP contribution in [0.2, 0.25) is 0 Å². The van der Waals surface area contributed by atoms with Gasteiger partial charge in [0.2, 0.25) is 0 Å². The number of hydrogen-bond acceptors (Lipinski definition) is 2. The molecule has 1 aromatic rings. The van der Waals surface area contributed by atoms with Crippen LogP contribution in [0.25, 0.3) is 0 Å². The topological polar surface area (TPSA) is 21.3 Å². The average molecular weight is 318 g/mol. The van der Waals surface area contributed by atoms with Crippen LogP contribution in [-0.4, -0.2) is 13.2 Å². The van der Waals surface area contributed by atoms with E-state index in [1.165, 1.54) is 44.2 Å². The minimum absolute atomic E-state index is 0.474. The van der Waals surface area contributed by atoms with E-state index in [1.54, 1.807) is 0 Å². The maximum Gasteiger partial charge on any atom is 0.119 e. The largest absolute Gasteiger partial charge is 0.494 e. The SMILES string of the molecule is CCC(NCC1CCCCC1)c1ccc(OCCC(C)C)cc1. The van der Waals surface area contributed by atoms with E-state index in [0.29, 0.717) is 12.0 Å². The molecule has 2 nitrogen and oxygen atoms in total. The molecule has 1 unspecified atom stereocenters. The van der Waals surface area contributed by atoms with Crippen molar-refractivity contribution in [2.75, 3.05) is 13.2 Å². The molecule has 2 heteroatoms. The molecular weight excluding hydrogens is 282 g/mol. The number of nitrogens with one attached hydrogen (secondary N) is 1. The molecule has 0 aromatic heterocycles. The molecule has 0 heterocycles. The summed E-state index contributed by atoms with van der Waals surface area (Å²) in [5.41, 5.74) is 1.39. The fourth-order valence-electron chi connectivity index (χ4n) is 3.41. The lowest BCUT2D eigenvalue weighted by molar-refractivity contribution is 0.289. The monoisotopic (exact) mass is 317 g/mol. The van der Waals surface area contributed by atoms with Gasteiger partial charge in [-0.25, -0.2) is 0 Å². The fraction of sp³-hybridized carbons (Fsp3) is 0.714. The lowest BCUT2D eigenvalue weighted by Crippen LogP contribution is -2.28. The van der Waals surface area contributed by atoms with E-state index in [4.69, 9.17) is 4.74 Å². The normalized spacial score (nSPS) is 17.4. The second-order valence-corrected chi connectivity index (χ2v) is 7.47. The van der Waals surface area contributed by atoms with E-state index < -0.39 is 0 Å². The summed E-state index contributed by atoms with van der Waals surface area (Å²) in [6, 6.07) is 9.18. The third-order valence-electron chi connectivity index (χ3n) is 5.03. The summed E-state index contributed by atoms with van der Waals surface area (Å²) in [5.74, 6) is 2.58. The van der Waals surface area contributed by atoms with Crippen molar-refractivity contribution in [2.24, 2.45) is 11.8 Å². The van der Waals surface area contributed by atoms with Crippen LogP contribution in [0.5, 0.6) is 5.75 Å². The van der Waals surface area contributed by atoms with Crippen LogP contribution in [0.1, 0.15) is 77.3 Å². The Morgan fingerprint density at radius 2 is 1.78 bits per heavy atom. The highest BCUT2D eigenvalue weighted by Gasteiger charge is 2.16. The van der Waals surface area contributed by atoms with Crippen molar-refractivity contribution in [1.29, 1.82) is 0 Å². The number of rotatable bonds is 9. The summed E-state index contributed by atoms with van der Waals surface area (Å²) < 4.78 is 5.82. The van der Waals surface area contributed by atoms with Crippen LogP contribution in [0.4, 0.5) is 0 Å². The maximum absolute atomic E-state index is 5.82. The molecule has 130 valence electrons. The average Bonchev–Trinajstić information content (AvgIpc) is 2.57. The molecule has 23 heavy (non-hydrogen) atoms. The molecule has 0 aliphatic heterocycles. The fourth-order valence-corrected chi connectivity index (χ4v) is 3.41. The Labute approximate surface area is 143 Å². The molecule has 0 saturated heterocycles. The highest BCUT2D eigenvalue weighted by molar-refractivity contribution is 5.29. The van der Waals surface area contributed by atoms with Crippen molar-refractivity contribution in [1.82, 2.24) is 5.32 Å². The zero-order valence-electron chi connectivity index (χ0n) is 15.3. The van der Waals surface area contributed by atoms with Gasteiger partial charge in [0.25, 0.3) is 0 Å². The Hall–Kier alpha value is -1.02. The Balaban J connectivity index is 1.80. The van der Waals surface area contributed by atoms with Gasteiger partial charge in [-0.3, -0.25) is 0 Å². The van der Waals surface area contributed by atoms with Gasteiger partial charge < -0.3 is 10.1 Å². The van der Waals surface area contributed by atoms with E-state index >= 15 is 0 Å². The van der Waals surface area contributed by atoms with E-state index in [2.05, 4.69) is 50.4 Å². The molecule has 1 atom stereocenters. The summed E-state index contributed by atoms with van der Waals surface area (Å²) in [6.45, 7) is 8.72. The molecule has 0 spiro atoms. The molecule has 1 aliphatic rings. The molecule has 0 amide bonds. The van der Waals surface area contributed by atoms with Crippen molar-refractivity contribution in [3.63, 3.8) is 0 Å². The first-order valence-corrected chi connectivity index (χ1v) is 9.65. The van der Waals surface area contributed by atoms with E-state index in [9.17, 15) is 0 Å². The van der Waals surface area contributed by atoms with Gasteiger partial charge in [0.05, 0.1) is 6.61 Å². The van der Waals surface area contributed by atoms with Crippen LogP contribution >= 0.6 is 0 Å². The Kier molecular flexibility index (Phi) is 7.94. The van der Waals surface area contributed by atoms with Crippen LogP contribution < -0.4 is 10.1 Å². The molecule has 0 radical (unpaired) electrons. The molecule has 1 aliphatic carbocycles. The highest BCUT2D eigenvalue weighted by Crippen LogP contribution is 2.25. The first-order valence-electron chi connectivity index (χ1n) is 9.65. The van der Waals surface area contributed by atoms with E-state index in [-0.39, 0.29) is 0 Å². The van der Waals surface area contributed by atoms with Gasteiger partial charge in [0.1, 0.15) is 5.75 Å². The summed E-state index contributed by atoms with van der Waals surface area (Å²) in [4.78, 5) is 0. The van der Waals surface area contributed by atoms with Crippen LogP contribution in [-0.2, 0) is 0 Å². The van der Waals surface area contributed by atoms with Crippen molar-refractivity contribution in [3.8, 4) is 5.75 Å². The standard InChI is InChI=1S/C21H35NO/c1-4-21(22-16-18-8-6-5-7-9-18)19-10-12-20(13-11-19)23-15-14-17(2)3/h10-13,17-18,21-22H,4-9,14-16H2,1-3H3. The first kappa shape index (κ1) is 18.3. The van der Waals surface area contributed by atoms with Gasteiger partial charge in [-0.05, 0) is 61.8 Å². The second kappa shape index (κ2) is 9.97. The third-order valence-corrected chi connectivity index (χ3v) is 5.03. The summed E-state index contributed by atoms with van der Waals surface area (Å²) in [6.07, 6.45) is 9.35. The molecule has 1 saturated carbocycles. The quantitative estimate of drug-likeness (QED) is 0.627. The molecule has 1 fully saturated rings. The van der Waals surface area contributed by atoms with Gasteiger partial charge in [0.15, 0.2) is 0 Å². The number of ether oxygens (including phenoxy) is 1. The Bertz CT molecular complexity index is 420. The summed E-state index contributed by atoms with van der Waals surface area (Å²) >= 11 is 0. The Morgan fingerprint density at radius 1 is 1.09 bits per heavy atom. The van der Waals surface area contributed by atoms with Gasteiger partial charge >= 0.3 is 0 Å². The van der Waals surface area contributed by atoms with Crippen molar-refractivity contribution in [3.05, 3.63) is 29.8 Å². The second-order valence-electron chi connectivity index (χ2n) is 7.47. The Morgan fingerprint density at radius 3 is 2.39 bits per heavy atom. The van der Waals surface area contributed by atoms with Gasteiger partial charge in [-0.15, -0.1) is 0 Å². The predicted molar refractivity (Wildman–Crippen MR) is 99.0 cm³/mol. The predicted octanol–water partition coefficient (Wildman–Crippen LogP) is 5.73. The molecule has 0 bridgehead atoms. The molecule has 2 rings (SSSR count). The van der Waals surface area contributed by atoms with E-state index in [0.717, 1.165) is 31.1 Å². The van der Waals surface area contributed by atoms with Gasteiger partial charge in [-0.1, -0.05) is 52.2 Å². The van der Waals surface area contributed by atoms with Crippen LogP contribution in [0.3, 0.4) is 0 Å². The van der Waals surface area contributed by atoms with Crippen molar-refractivity contribution >= 4 is 0 Å². The molecule has 1 aromatic carbocycles. The molecule has 1 N–H and O–H groups in total. The lowest BCUT2D eigenvalue weighted by Gasteiger charge is -2.25. The maximum atomic E-state index is 5.82. The zero-order chi connectivity index (χ0) is 16.5. The summed E-state index contributed by atoms with van der Waals surface area (Å²) in [5, 5.41) is 3.79. The summed E-state index contributed by atoms with van der Waals surface area (Å²) in [7, 11) is 0. The van der Waals surface area contributed by atoms with Crippen LogP contribution in [0.15, 0.2) is 24.3 Å². The third kappa shape index (κ3) is 6.55. The van der Waals surface area contributed by atoms with E-state index in [1.807, 2.05) is 0 Å². The molecular formula is C21H35NO. The number of hydrogen-bond donors (Lipinski definition) is 1. The number of benzene rings is 1. The zero-order valence-corrected chi connectivity index (χ0v) is 15.3.